The predicted molar refractivity (Wildman–Crippen MR) is 133 cm³/mol. The van der Waals surface area contributed by atoms with E-state index >= 15 is 0 Å². The van der Waals surface area contributed by atoms with Gasteiger partial charge in [0.15, 0.2) is 10.1 Å². The molecule has 4 aromatic rings. The van der Waals surface area contributed by atoms with Crippen molar-refractivity contribution in [1.29, 1.82) is 0 Å². The van der Waals surface area contributed by atoms with Gasteiger partial charge in [0.05, 0.1) is 17.2 Å². The molecule has 1 amide bonds. The SMILES string of the molecule is CC(=O)NCc1ccc(C(=O)CSc2nnc(Nc3ccc(Oc4ccccc4)cc3)s2)s1. The quantitative estimate of drug-likeness (QED) is 0.213. The van der Waals surface area contributed by atoms with Crippen molar-refractivity contribution in [2.24, 2.45) is 0 Å². The largest absolute Gasteiger partial charge is 0.457 e. The molecule has 168 valence electrons. The Kier molecular flexibility index (Phi) is 7.71. The first-order chi connectivity index (χ1) is 16.0. The highest BCUT2D eigenvalue weighted by molar-refractivity contribution is 8.01. The molecule has 0 aliphatic carbocycles. The number of nitrogens with one attached hydrogen (secondary N) is 2. The number of rotatable bonds is 10. The number of thiophene rings is 1. The van der Waals surface area contributed by atoms with Crippen LogP contribution in [0, 0.1) is 0 Å². The van der Waals surface area contributed by atoms with Crippen LogP contribution in [-0.2, 0) is 11.3 Å². The number of para-hydroxylation sites is 1. The number of hydrogen-bond acceptors (Lipinski definition) is 9. The van der Waals surface area contributed by atoms with Crippen LogP contribution in [-0.4, -0.2) is 27.6 Å². The molecule has 33 heavy (non-hydrogen) atoms. The summed E-state index contributed by atoms with van der Waals surface area (Å²) < 4.78 is 6.51. The molecule has 0 aliphatic heterocycles. The number of anilines is 2. The number of hydrogen-bond donors (Lipinski definition) is 2. The number of Topliss-reactive ketones (excluding diaryl/α,β-unsaturated/α-hetero) is 1. The fraction of sp³-hybridized carbons (Fsp3) is 0.130. The Morgan fingerprint density at radius 2 is 1.70 bits per heavy atom. The van der Waals surface area contributed by atoms with Crippen LogP contribution < -0.4 is 15.4 Å². The Balaban J connectivity index is 1.27. The summed E-state index contributed by atoms with van der Waals surface area (Å²) in [6.07, 6.45) is 0. The topological polar surface area (TPSA) is 93.2 Å². The Labute approximate surface area is 203 Å². The van der Waals surface area contributed by atoms with Gasteiger partial charge in [-0.05, 0) is 48.5 Å². The molecular weight excluding hydrogens is 476 g/mol. The molecule has 0 saturated heterocycles. The van der Waals surface area contributed by atoms with Crippen LogP contribution in [0.3, 0.4) is 0 Å². The van der Waals surface area contributed by atoms with Gasteiger partial charge in [0, 0.05) is 17.5 Å². The highest BCUT2D eigenvalue weighted by Gasteiger charge is 2.13. The lowest BCUT2D eigenvalue weighted by molar-refractivity contribution is -0.119. The normalized spacial score (nSPS) is 10.6. The lowest BCUT2D eigenvalue weighted by Crippen LogP contribution is -2.18. The van der Waals surface area contributed by atoms with Gasteiger partial charge in [0.1, 0.15) is 11.5 Å². The van der Waals surface area contributed by atoms with E-state index in [-0.39, 0.29) is 17.4 Å². The van der Waals surface area contributed by atoms with Crippen LogP contribution >= 0.6 is 34.4 Å². The number of ether oxygens (including phenoxy) is 1. The predicted octanol–water partition coefficient (Wildman–Crippen LogP) is 5.75. The molecule has 0 atom stereocenters. The third-order valence-corrected chi connectivity index (χ3v) is 7.36. The molecular formula is C23H20N4O3S3. The zero-order valence-electron chi connectivity index (χ0n) is 17.6. The number of thioether (sulfide) groups is 1. The Morgan fingerprint density at radius 1 is 0.939 bits per heavy atom. The van der Waals surface area contributed by atoms with Gasteiger partial charge in [-0.25, -0.2) is 0 Å². The van der Waals surface area contributed by atoms with Gasteiger partial charge in [-0.15, -0.1) is 21.5 Å². The average molecular weight is 497 g/mol. The van der Waals surface area contributed by atoms with Gasteiger partial charge >= 0.3 is 0 Å². The minimum absolute atomic E-state index is 0.0257. The lowest BCUT2D eigenvalue weighted by Gasteiger charge is -2.06. The summed E-state index contributed by atoms with van der Waals surface area (Å²) in [7, 11) is 0. The van der Waals surface area contributed by atoms with E-state index in [4.69, 9.17) is 4.74 Å². The molecule has 0 bridgehead atoms. The van der Waals surface area contributed by atoms with E-state index in [0.717, 1.165) is 22.1 Å². The van der Waals surface area contributed by atoms with Crippen LogP contribution in [0.1, 0.15) is 21.5 Å². The number of carbonyl (C=O) groups excluding carboxylic acids is 2. The summed E-state index contributed by atoms with van der Waals surface area (Å²) in [5.41, 5.74) is 0.865. The van der Waals surface area contributed by atoms with Gasteiger partial charge in [-0.3, -0.25) is 9.59 Å². The first kappa shape index (κ1) is 23.0. The number of nitrogens with zero attached hydrogens (tertiary/aromatic N) is 2. The monoisotopic (exact) mass is 496 g/mol. The summed E-state index contributed by atoms with van der Waals surface area (Å²) in [6.45, 7) is 1.90. The minimum atomic E-state index is -0.0935. The second-order valence-corrected chi connectivity index (χ2v) is 10.2. The number of aromatic nitrogens is 2. The molecule has 0 unspecified atom stereocenters. The Morgan fingerprint density at radius 3 is 2.45 bits per heavy atom. The van der Waals surface area contributed by atoms with Crippen molar-refractivity contribution in [2.75, 3.05) is 11.1 Å². The summed E-state index contributed by atoms with van der Waals surface area (Å²) in [4.78, 5) is 25.1. The van der Waals surface area contributed by atoms with Gasteiger partial charge in [0.2, 0.25) is 11.0 Å². The van der Waals surface area contributed by atoms with Crippen molar-refractivity contribution in [2.45, 2.75) is 17.8 Å². The summed E-state index contributed by atoms with van der Waals surface area (Å²) in [5.74, 6) is 1.74. The maximum Gasteiger partial charge on any atom is 0.217 e. The van der Waals surface area contributed by atoms with Crippen molar-refractivity contribution in [1.82, 2.24) is 15.5 Å². The van der Waals surface area contributed by atoms with Crippen molar-refractivity contribution in [3.05, 3.63) is 76.5 Å². The zero-order valence-corrected chi connectivity index (χ0v) is 20.1. The molecule has 0 aliphatic rings. The maximum absolute atomic E-state index is 12.5. The van der Waals surface area contributed by atoms with Crippen LogP contribution in [0.4, 0.5) is 10.8 Å². The van der Waals surface area contributed by atoms with Gasteiger partial charge < -0.3 is 15.4 Å². The van der Waals surface area contributed by atoms with E-state index in [0.29, 0.717) is 20.9 Å². The molecule has 2 aromatic heterocycles. The first-order valence-corrected chi connectivity index (χ1v) is 12.6. The minimum Gasteiger partial charge on any atom is -0.457 e. The maximum atomic E-state index is 12.5. The fourth-order valence-corrected chi connectivity index (χ4v) is 5.34. The molecule has 0 spiro atoms. The van der Waals surface area contributed by atoms with Gasteiger partial charge in [-0.1, -0.05) is 41.3 Å². The standard InChI is InChI=1S/C23H20N4O3S3/c1-15(28)24-13-19-11-12-21(32-19)20(29)14-31-23-27-26-22(33-23)25-16-7-9-18(10-8-16)30-17-5-3-2-4-6-17/h2-12H,13-14H2,1H3,(H,24,28)(H,25,26). The average Bonchev–Trinajstić information content (AvgIpc) is 3.48. The molecule has 2 heterocycles. The fourth-order valence-electron chi connectivity index (χ4n) is 2.71. The molecule has 10 heteroatoms. The third-order valence-electron chi connectivity index (χ3n) is 4.27. The Hall–Kier alpha value is -3.21. The van der Waals surface area contributed by atoms with Gasteiger partial charge in [0.25, 0.3) is 0 Å². The van der Waals surface area contributed by atoms with Crippen molar-refractivity contribution in [3.63, 3.8) is 0 Å². The number of amides is 1. The molecule has 0 saturated carbocycles. The van der Waals surface area contributed by atoms with Crippen molar-refractivity contribution >= 4 is 56.9 Å². The zero-order chi connectivity index (χ0) is 23.0. The molecule has 2 aromatic carbocycles. The number of benzene rings is 2. The molecule has 4 rings (SSSR count). The molecule has 0 fully saturated rings. The van der Waals surface area contributed by atoms with Crippen LogP contribution in [0.2, 0.25) is 0 Å². The van der Waals surface area contributed by atoms with E-state index in [2.05, 4.69) is 20.8 Å². The van der Waals surface area contributed by atoms with Gasteiger partial charge in [-0.2, -0.15) is 0 Å². The van der Waals surface area contributed by atoms with Crippen molar-refractivity contribution < 1.29 is 14.3 Å². The molecule has 2 N–H and O–H groups in total. The third kappa shape index (κ3) is 6.88. The molecule has 0 radical (unpaired) electrons. The second kappa shape index (κ2) is 11.1. The van der Waals surface area contributed by atoms with Crippen LogP contribution in [0.15, 0.2) is 71.1 Å². The van der Waals surface area contributed by atoms with Crippen LogP contribution in [0.25, 0.3) is 0 Å². The van der Waals surface area contributed by atoms with E-state index in [9.17, 15) is 9.59 Å². The Bertz CT molecular complexity index is 1220. The lowest BCUT2D eigenvalue weighted by atomic mass is 10.3. The smallest absolute Gasteiger partial charge is 0.217 e. The second-order valence-electron chi connectivity index (χ2n) is 6.83. The van der Waals surface area contributed by atoms with E-state index < -0.39 is 0 Å². The highest BCUT2D eigenvalue weighted by Crippen LogP contribution is 2.30. The number of carbonyl (C=O) groups is 2. The summed E-state index contributed by atoms with van der Waals surface area (Å²) >= 11 is 4.14. The van der Waals surface area contributed by atoms with Crippen LogP contribution in [0.5, 0.6) is 11.5 Å². The summed E-state index contributed by atoms with van der Waals surface area (Å²) in [6, 6.07) is 20.8. The first-order valence-electron chi connectivity index (χ1n) is 9.98. The van der Waals surface area contributed by atoms with E-state index in [1.54, 1.807) is 6.07 Å². The van der Waals surface area contributed by atoms with E-state index in [1.165, 1.54) is 41.4 Å². The summed E-state index contributed by atoms with van der Waals surface area (Å²) in [5, 5.41) is 14.9. The highest BCUT2D eigenvalue weighted by atomic mass is 32.2. The molecule has 7 nitrogen and oxygen atoms in total. The number of ketones is 1. The van der Waals surface area contributed by atoms with E-state index in [1.807, 2.05) is 60.7 Å². The van der Waals surface area contributed by atoms with Crippen molar-refractivity contribution in [3.8, 4) is 11.5 Å².